The maximum absolute atomic E-state index is 12.8. The van der Waals surface area contributed by atoms with Gasteiger partial charge in [0.15, 0.2) is 0 Å². The molecule has 0 bridgehead atoms. The van der Waals surface area contributed by atoms with Crippen molar-refractivity contribution in [2.45, 2.75) is 25.9 Å². The number of fused-ring (bicyclic) bond motifs is 3. The second-order valence-corrected chi connectivity index (χ2v) is 8.34. The predicted octanol–water partition coefficient (Wildman–Crippen LogP) is 3.01. The van der Waals surface area contributed by atoms with E-state index in [0.29, 0.717) is 30.1 Å². The molecule has 4 aromatic rings. The van der Waals surface area contributed by atoms with Crippen LogP contribution in [0.5, 0.6) is 0 Å². The molecule has 0 saturated carbocycles. The van der Waals surface area contributed by atoms with Crippen LogP contribution in [0.4, 0.5) is 5.69 Å². The van der Waals surface area contributed by atoms with Gasteiger partial charge in [0, 0.05) is 18.1 Å². The first kappa shape index (κ1) is 19.0. The topological polar surface area (TPSA) is 93.8 Å². The fraction of sp³-hybridized carbons (Fsp3) is 0.217. The van der Waals surface area contributed by atoms with E-state index in [0.717, 1.165) is 10.9 Å². The highest BCUT2D eigenvalue weighted by atomic mass is 16.2. The molecule has 4 heterocycles. The van der Waals surface area contributed by atoms with Gasteiger partial charge in [-0.15, -0.1) is 0 Å². The number of benzene rings is 1. The fourth-order valence-electron chi connectivity index (χ4n) is 3.93. The van der Waals surface area contributed by atoms with E-state index in [1.54, 1.807) is 23.1 Å². The number of aromatic nitrogens is 4. The Labute approximate surface area is 178 Å². The Hall–Kier alpha value is -3.94. The Balaban J connectivity index is 1.40. The number of rotatable bonds is 4. The minimum absolute atomic E-state index is 0.130. The summed E-state index contributed by atoms with van der Waals surface area (Å²) in [5.74, 6) is -0.455. The number of amides is 2. The van der Waals surface area contributed by atoms with Crippen LogP contribution in [0.25, 0.3) is 11.0 Å². The second-order valence-electron chi connectivity index (χ2n) is 8.34. The number of hydrogen-bond donors (Lipinski definition) is 2. The smallest absolute Gasteiger partial charge is 0.274 e. The third kappa shape index (κ3) is 3.46. The molecule has 0 unspecified atom stereocenters. The summed E-state index contributed by atoms with van der Waals surface area (Å²) in [7, 11) is 0. The number of carbonyl (C=O) groups excluding carboxylic acids is 2. The molecule has 8 heteroatoms. The van der Waals surface area contributed by atoms with E-state index in [2.05, 4.69) is 20.7 Å². The molecular weight excluding hydrogens is 392 g/mol. The van der Waals surface area contributed by atoms with Gasteiger partial charge >= 0.3 is 0 Å². The molecule has 0 spiro atoms. The normalized spacial score (nSPS) is 14.8. The lowest BCUT2D eigenvalue weighted by atomic mass is 10.0. The Morgan fingerprint density at radius 2 is 2.00 bits per heavy atom. The van der Waals surface area contributed by atoms with Gasteiger partial charge < -0.3 is 15.2 Å². The third-order valence-electron chi connectivity index (χ3n) is 5.48. The number of nitrogens with one attached hydrogen (secondary N) is 2. The minimum Gasteiger partial charge on any atom is -0.348 e. The lowest BCUT2D eigenvalue weighted by Gasteiger charge is -2.33. The van der Waals surface area contributed by atoms with Crippen LogP contribution in [-0.2, 0) is 12.1 Å². The van der Waals surface area contributed by atoms with Gasteiger partial charge in [-0.2, -0.15) is 5.10 Å². The highest BCUT2D eigenvalue weighted by molar-refractivity contribution is 6.05. The molecule has 0 saturated heterocycles. The average Bonchev–Trinajstić information content (AvgIpc) is 3.36. The molecule has 1 aliphatic heterocycles. The number of nitrogens with zero attached hydrogens (tertiary/aromatic N) is 4. The zero-order chi connectivity index (χ0) is 21.6. The van der Waals surface area contributed by atoms with E-state index in [-0.39, 0.29) is 23.0 Å². The second kappa shape index (κ2) is 7.09. The van der Waals surface area contributed by atoms with Crippen LogP contribution in [0.1, 0.15) is 40.4 Å². The Morgan fingerprint density at radius 3 is 2.81 bits per heavy atom. The van der Waals surface area contributed by atoms with E-state index >= 15 is 0 Å². The molecule has 8 nitrogen and oxygen atoms in total. The van der Waals surface area contributed by atoms with Crippen LogP contribution in [0.2, 0.25) is 0 Å². The highest BCUT2D eigenvalue weighted by Crippen LogP contribution is 2.29. The monoisotopic (exact) mass is 414 g/mol. The van der Waals surface area contributed by atoms with Crippen molar-refractivity contribution in [3.63, 3.8) is 0 Å². The highest BCUT2D eigenvalue weighted by Gasteiger charge is 2.33. The number of pyridine rings is 1. The maximum Gasteiger partial charge on any atom is 0.274 e. The van der Waals surface area contributed by atoms with Crippen LogP contribution in [-0.4, -0.2) is 37.7 Å². The largest absolute Gasteiger partial charge is 0.348 e. The van der Waals surface area contributed by atoms with Crippen molar-refractivity contribution in [3.8, 4) is 0 Å². The third-order valence-corrected chi connectivity index (χ3v) is 5.48. The summed E-state index contributed by atoms with van der Waals surface area (Å²) in [5.41, 5.74) is 2.85. The van der Waals surface area contributed by atoms with E-state index in [1.165, 1.54) is 0 Å². The molecule has 0 fully saturated rings. The van der Waals surface area contributed by atoms with Crippen molar-refractivity contribution >= 4 is 28.5 Å². The summed E-state index contributed by atoms with van der Waals surface area (Å²) in [6.07, 6.45) is 3.40. The van der Waals surface area contributed by atoms with Gasteiger partial charge in [-0.3, -0.25) is 14.3 Å². The molecule has 31 heavy (non-hydrogen) atoms. The molecule has 0 aliphatic carbocycles. The van der Waals surface area contributed by atoms with Crippen molar-refractivity contribution < 1.29 is 9.59 Å². The lowest BCUT2D eigenvalue weighted by molar-refractivity contribution is 0.0891. The Morgan fingerprint density at radius 1 is 1.19 bits per heavy atom. The maximum atomic E-state index is 12.8. The van der Waals surface area contributed by atoms with Gasteiger partial charge in [-0.25, -0.2) is 4.98 Å². The van der Waals surface area contributed by atoms with E-state index in [4.69, 9.17) is 0 Å². The Kier molecular flexibility index (Phi) is 4.35. The quantitative estimate of drug-likeness (QED) is 0.537. The molecule has 2 amide bonds. The van der Waals surface area contributed by atoms with Crippen molar-refractivity contribution in [1.82, 2.24) is 24.6 Å². The van der Waals surface area contributed by atoms with Gasteiger partial charge in [0.1, 0.15) is 17.0 Å². The molecular formula is C23H22N6O2. The lowest BCUT2D eigenvalue weighted by Crippen LogP contribution is -2.48. The fourth-order valence-corrected chi connectivity index (χ4v) is 3.93. The van der Waals surface area contributed by atoms with Crippen LogP contribution in [0.3, 0.4) is 0 Å². The zero-order valence-electron chi connectivity index (χ0n) is 17.3. The zero-order valence-corrected chi connectivity index (χ0v) is 17.3. The molecule has 5 rings (SSSR count). The predicted molar refractivity (Wildman–Crippen MR) is 117 cm³/mol. The van der Waals surface area contributed by atoms with Gasteiger partial charge in [-0.05, 0) is 37.6 Å². The van der Waals surface area contributed by atoms with Crippen molar-refractivity contribution in [2.75, 3.05) is 11.9 Å². The first-order chi connectivity index (χ1) is 14.9. The summed E-state index contributed by atoms with van der Waals surface area (Å²) in [5, 5.41) is 10.9. The molecule has 156 valence electrons. The van der Waals surface area contributed by atoms with Gasteiger partial charge in [0.25, 0.3) is 11.8 Å². The standard InChI is InChI=1S/C23H22N6O2/c1-23(2)14-24-22(31)19-10-16-8-9-18(27-20(16)29(19)23)21(30)26-17-11-25-28(13-17)12-15-6-4-3-5-7-15/h3-11,13H,12,14H2,1-2H3,(H,24,31)(H,26,30). The van der Waals surface area contributed by atoms with Crippen LogP contribution in [0.15, 0.2) is 60.9 Å². The van der Waals surface area contributed by atoms with Gasteiger partial charge in [0.2, 0.25) is 0 Å². The number of hydrogen-bond acceptors (Lipinski definition) is 4. The summed E-state index contributed by atoms with van der Waals surface area (Å²) in [4.78, 5) is 29.7. The van der Waals surface area contributed by atoms with Crippen molar-refractivity contribution in [1.29, 1.82) is 0 Å². The SMILES string of the molecule is CC1(C)CNC(=O)c2cc3ccc(C(=O)Nc4cnn(Cc5ccccc5)c4)nc3n21. The number of carbonyl (C=O) groups is 2. The summed E-state index contributed by atoms with van der Waals surface area (Å²) in [6.45, 7) is 5.19. The first-order valence-electron chi connectivity index (χ1n) is 10.1. The molecule has 0 radical (unpaired) electrons. The molecule has 3 aromatic heterocycles. The molecule has 1 aromatic carbocycles. The summed E-state index contributed by atoms with van der Waals surface area (Å²) < 4.78 is 3.68. The van der Waals surface area contributed by atoms with E-state index in [9.17, 15) is 9.59 Å². The Bertz CT molecular complexity index is 1300. The van der Waals surface area contributed by atoms with E-state index in [1.807, 2.05) is 60.9 Å². The van der Waals surface area contributed by atoms with Crippen LogP contribution >= 0.6 is 0 Å². The number of anilines is 1. The van der Waals surface area contributed by atoms with Crippen molar-refractivity contribution in [2.24, 2.45) is 0 Å². The summed E-state index contributed by atoms with van der Waals surface area (Å²) >= 11 is 0. The molecule has 1 aliphatic rings. The average molecular weight is 414 g/mol. The van der Waals surface area contributed by atoms with Crippen molar-refractivity contribution in [3.05, 3.63) is 77.9 Å². The first-order valence-corrected chi connectivity index (χ1v) is 10.1. The van der Waals surface area contributed by atoms with E-state index < -0.39 is 0 Å². The molecule has 2 N–H and O–H groups in total. The van der Waals surface area contributed by atoms with Crippen LogP contribution < -0.4 is 10.6 Å². The van der Waals surface area contributed by atoms with Crippen LogP contribution in [0, 0.1) is 0 Å². The molecule has 0 atom stereocenters. The van der Waals surface area contributed by atoms with Gasteiger partial charge in [-0.1, -0.05) is 30.3 Å². The minimum atomic E-state index is -0.342. The summed E-state index contributed by atoms with van der Waals surface area (Å²) in [6, 6.07) is 15.3. The van der Waals surface area contributed by atoms with Gasteiger partial charge in [0.05, 0.1) is 24.0 Å².